The fraction of sp³-hybridized carbons (Fsp3) is 0.350. The van der Waals surface area contributed by atoms with Crippen LogP contribution in [0, 0.1) is 20.8 Å². The van der Waals surface area contributed by atoms with Crippen molar-refractivity contribution in [2.75, 3.05) is 6.16 Å². The molecule has 2 atom stereocenters. The first-order valence-corrected chi connectivity index (χ1v) is 9.62. The van der Waals surface area contributed by atoms with Crippen molar-refractivity contribution in [1.29, 1.82) is 0 Å². The van der Waals surface area contributed by atoms with Crippen molar-refractivity contribution in [3.63, 3.8) is 0 Å². The van der Waals surface area contributed by atoms with E-state index in [2.05, 4.69) is 0 Å². The summed E-state index contributed by atoms with van der Waals surface area (Å²) in [6.45, 7) is 9.54. The second-order valence-corrected chi connectivity index (χ2v) is 7.93. The lowest BCUT2D eigenvalue weighted by Crippen LogP contribution is -2.27. The predicted octanol–water partition coefficient (Wildman–Crippen LogP) is 4.73. The molecular formula is C20H24O3P+. The molecule has 2 aromatic rings. The highest BCUT2D eigenvalue weighted by molar-refractivity contribution is 7.53. The van der Waals surface area contributed by atoms with Crippen molar-refractivity contribution < 1.29 is 14.1 Å². The van der Waals surface area contributed by atoms with Gasteiger partial charge in [-0.05, 0) is 57.9 Å². The number of aryl methyl sites for hydroxylation is 3. The van der Waals surface area contributed by atoms with Gasteiger partial charge in [0.05, 0.1) is 0 Å². The Hall–Kier alpha value is -1.99. The molecule has 126 valence electrons. The summed E-state index contributed by atoms with van der Waals surface area (Å²) in [6, 6.07) is 11.3. The van der Waals surface area contributed by atoms with E-state index in [0.717, 1.165) is 16.7 Å². The van der Waals surface area contributed by atoms with Crippen LogP contribution in [0.2, 0.25) is 0 Å². The molecule has 0 aliphatic heterocycles. The number of benzene rings is 2. The standard InChI is InChI=1S/C20H24O3P/c1-6-24(22)18-10-8-7-9-17(18)23-16(5)20(21)19-14(3)11-13(2)12-15(19)4/h7-12,16H,6H2,1-5H3/q+1. The maximum absolute atomic E-state index is 12.9. The van der Waals surface area contributed by atoms with Gasteiger partial charge in [0.1, 0.15) is 6.16 Å². The van der Waals surface area contributed by atoms with Crippen LogP contribution in [0.1, 0.15) is 40.9 Å². The second kappa shape index (κ2) is 7.72. The van der Waals surface area contributed by atoms with Gasteiger partial charge in [-0.1, -0.05) is 34.4 Å². The predicted molar refractivity (Wildman–Crippen MR) is 99.3 cm³/mol. The second-order valence-electron chi connectivity index (χ2n) is 6.06. The summed E-state index contributed by atoms with van der Waals surface area (Å²) in [4.78, 5) is 12.9. The molecule has 2 unspecified atom stereocenters. The first-order valence-electron chi connectivity index (χ1n) is 8.17. The Balaban J connectivity index is 2.30. The zero-order valence-electron chi connectivity index (χ0n) is 14.9. The zero-order chi connectivity index (χ0) is 17.9. The van der Waals surface area contributed by atoms with Crippen molar-refractivity contribution in [3.05, 3.63) is 58.7 Å². The van der Waals surface area contributed by atoms with Crippen LogP contribution < -0.4 is 10.0 Å². The highest BCUT2D eigenvalue weighted by Crippen LogP contribution is 2.27. The van der Waals surface area contributed by atoms with E-state index in [-0.39, 0.29) is 5.78 Å². The summed E-state index contributed by atoms with van der Waals surface area (Å²) in [5.41, 5.74) is 3.77. The highest BCUT2D eigenvalue weighted by Gasteiger charge is 2.26. The van der Waals surface area contributed by atoms with Gasteiger partial charge < -0.3 is 4.74 Å². The number of Topliss-reactive ketones (excluding diaryl/α,β-unsaturated/α-hetero) is 1. The van der Waals surface area contributed by atoms with Crippen LogP contribution in [0.15, 0.2) is 36.4 Å². The van der Waals surface area contributed by atoms with E-state index < -0.39 is 13.9 Å². The SMILES string of the molecule is CC[P+](=O)c1ccccc1OC(C)C(=O)c1c(C)cc(C)cc1C. The van der Waals surface area contributed by atoms with E-state index in [0.29, 0.717) is 22.8 Å². The summed E-state index contributed by atoms with van der Waals surface area (Å²) < 4.78 is 18.1. The molecule has 0 aliphatic rings. The molecular weight excluding hydrogens is 319 g/mol. The molecule has 0 N–H and O–H groups in total. The van der Waals surface area contributed by atoms with Crippen LogP contribution in [-0.2, 0) is 4.57 Å². The smallest absolute Gasteiger partial charge is 0.380 e. The van der Waals surface area contributed by atoms with Gasteiger partial charge in [-0.25, -0.2) is 0 Å². The summed E-state index contributed by atoms with van der Waals surface area (Å²) >= 11 is 0. The quantitative estimate of drug-likeness (QED) is 0.562. The fourth-order valence-electron chi connectivity index (χ4n) is 2.95. The van der Waals surface area contributed by atoms with E-state index in [4.69, 9.17) is 4.74 Å². The highest BCUT2D eigenvalue weighted by atomic mass is 31.1. The number of ketones is 1. The van der Waals surface area contributed by atoms with E-state index in [1.54, 1.807) is 19.1 Å². The third-order valence-electron chi connectivity index (χ3n) is 4.02. The van der Waals surface area contributed by atoms with Crippen LogP contribution in [0.4, 0.5) is 0 Å². The molecule has 2 rings (SSSR count). The van der Waals surface area contributed by atoms with E-state index in [1.807, 2.05) is 52.0 Å². The van der Waals surface area contributed by atoms with Gasteiger partial charge >= 0.3 is 7.80 Å². The third-order valence-corrected chi connectivity index (χ3v) is 5.50. The molecule has 0 fully saturated rings. The van der Waals surface area contributed by atoms with Gasteiger partial charge in [-0.15, -0.1) is 0 Å². The molecule has 0 saturated heterocycles. The zero-order valence-corrected chi connectivity index (χ0v) is 15.8. The number of para-hydroxylation sites is 1. The molecule has 0 radical (unpaired) electrons. The summed E-state index contributed by atoms with van der Waals surface area (Å²) in [5.74, 6) is 0.482. The Morgan fingerprint density at radius 2 is 1.71 bits per heavy atom. The molecule has 0 bridgehead atoms. The normalized spacial score (nSPS) is 12.6. The number of ether oxygens (including phenoxy) is 1. The van der Waals surface area contributed by atoms with Crippen molar-refractivity contribution in [3.8, 4) is 5.75 Å². The minimum absolute atomic E-state index is 0.0495. The topological polar surface area (TPSA) is 43.4 Å². The molecule has 3 nitrogen and oxygen atoms in total. The van der Waals surface area contributed by atoms with Crippen LogP contribution in [0.5, 0.6) is 5.75 Å². The molecule has 4 heteroatoms. The largest absolute Gasteiger partial charge is 0.478 e. The fourth-order valence-corrected chi connectivity index (χ4v) is 3.92. The maximum Gasteiger partial charge on any atom is 0.380 e. The number of hydrogen-bond donors (Lipinski definition) is 0. The van der Waals surface area contributed by atoms with Crippen LogP contribution >= 0.6 is 7.80 Å². The summed E-state index contributed by atoms with van der Waals surface area (Å²) in [5, 5.41) is 0.673. The Bertz CT molecular complexity index is 757. The number of hydrogen-bond acceptors (Lipinski definition) is 3. The van der Waals surface area contributed by atoms with Gasteiger partial charge in [0, 0.05) is 5.56 Å². The molecule has 0 heterocycles. The lowest BCUT2D eigenvalue weighted by atomic mass is 9.94. The van der Waals surface area contributed by atoms with Crippen LogP contribution in [0.25, 0.3) is 0 Å². The summed E-state index contributed by atoms with van der Waals surface area (Å²) in [7, 11) is -1.50. The first kappa shape index (κ1) is 18.4. The number of carbonyl (C=O) groups excluding carboxylic acids is 1. The number of carbonyl (C=O) groups is 1. The molecule has 0 spiro atoms. The minimum Gasteiger partial charge on any atom is -0.478 e. The summed E-state index contributed by atoms with van der Waals surface area (Å²) in [6.07, 6.45) is -0.0830. The van der Waals surface area contributed by atoms with Gasteiger partial charge in [-0.2, -0.15) is 0 Å². The Morgan fingerprint density at radius 1 is 1.12 bits per heavy atom. The maximum atomic E-state index is 12.9. The first-order chi connectivity index (χ1) is 11.3. The number of rotatable bonds is 6. The molecule has 0 aliphatic carbocycles. The van der Waals surface area contributed by atoms with Crippen molar-refractivity contribution in [2.24, 2.45) is 0 Å². The van der Waals surface area contributed by atoms with Gasteiger partial charge in [0.25, 0.3) is 0 Å². The molecule has 24 heavy (non-hydrogen) atoms. The average molecular weight is 343 g/mol. The van der Waals surface area contributed by atoms with Crippen LogP contribution in [-0.4, -0.2) is 18.0 Å². The molecule has 0 saturated carbocycles. The van der Waals surface area contributed by atoms with E-state index in [9.17, 15) is 9.36 Å². The van der Waals surface area contributed by atoms with E-state index >= 15 is 0 Å². The average Bonchev–Trinajstić information content (AvgIpc) is 2.53. The van der Waals surface area contributed by atoms with E-state index in [1.165, 1.54) is 0 Å². The van der Waals surface area contributed by atoms with Gasteiger partial charge in [0.15, 0.2) is 11.9 Å². The Labute approximate surface area is 144 Å². The Kier molecular flexibility index (Phi) is 5.90. The Morgan fingerprint density at radius 3 is 2.29 bits per heavy atom. The molecule has 2 aromatic carbocycles. The lowest BCUT2D eigenvalue weighted by molar-refractivity contribution is 0.0818. The third kappa shape index (κ3) is 3.91. The van der Waals surface area contributed by atoms with Crippen molar-refractivity contribution in [2.45, 2.75) is 40.7 Å². The van der Waals surface area contributed by atoms with Crippen molar-refractivity contribution in [1.82, 2.24) is 0 Å². The minimum atomic E-state index is -1.50. The van der Waals surface area contributed by atoms with Gasteiger partial charge in [0.2, 0.25) is 11.1 Å². The lowest BCUT2D eigenvalue weighted by Gasteiger charge is -2.17. The van der Waals surface area contributed by atoms with Crippen LogP contribution in [0.3, 0.4) is 0 Å². The molecule has 0 aromatic heterocycles. The van der Waals surface area contributed by atoms with Gasteiger partial charge in [-0.3, -0.25) is 4.79 Å². The monoisotopic (exact) mass is 343 g/mol. The molecule has 0 amide bonds. The van der Waals surface area contributed by atoms with Crippen molar-refractivity contribution >= 4 is 18.9 Å².